The van der Waals surface area contributed by atoms with Crippen LogP contribution in [0.25, 0.3) is 11.1 Å². The fraction of sp³-hybridized carbons (Fsp3) is 0.354. The second kappa shape index (κ2) is 20.0. The Balaban J connectivity index is 1.02. The second-order valence-corrected chi connectivity index (χ2v) is 15.7. The number of hydrogen-bond acceptors (Lipinski definition) is 9. The molecule has 0 saturated carbocycles. The van der Waals surface area contributed by atoms with E-state index in [4.69, 9.17) is 30.5 Å². The Morgan fingerprint density at radius 1 is 0.881 bits per heavy atom. The third-order valence-electron chi connectivity index (χ3n) is 11.3. The number of halogens is 1. The summed E-state index contributed by atoms with van der Waals surface area (Å²) in [5.41, 5.74) is 8.53. The van der Waals surface area contributed by atoms with Crippen LogP contribution in [0.15, 0.2) is 97.3 Å². The molecule has 1 aromatic heterocycles. The minimum Gasteiger partial charge on any atom is -0.493 e. The van der Waals surface area contributed by atoms with Gasteiger partial charge < -0.3 is 24.1 Å². The van der Waals surface area contributed by atoms with Gasteiger partial charge in [0.15, 0.2) is 0 Å². The highest BCUT2D eigenvalue weighted by Gasteiger charge is 2.29. The Bertz CT molecular complexity index is 2260. The minimum absolute atomic E-state index is 0.103. The van der Waals surface area contributed by atoms with Gasteiger partial charge in [0.05, 0.1) is 29.9 Å². The van der Waals surface area contributed by atoms with Crippen LogP contribution in [0.3, 0.4) is 0 Å². The molecule has 2 aliphatic rings. The maximum Gasteiger partial charge on any atom is 0.320 e. The van der Waals surface area contributed by atoms with Crippen LogP contribution in [0.4, 0.5) is 0 Å². The fourth-order valence-electron chi connectivity index (χ4n) is 8.01. The number of likely N-dealkylation sites (tertiary alicyclic amines) is 1. The molecular weight excluding hydrogens is 764 g/mol. The Morgan fingerprint density at radius 3 is 2.49 bits per heavy atom. The predicted molar refractivity (Wildman–Crippen MR) is 228 cm³/mol. The van der Waals surface area contributed by atoms with E-state index < -0.39 is 12.0 Å². The average molecular weight is 815 g/mol. The van der Waals surface area contributed by atoms with E-state index in [1.165, 1.54) is 11.8 Å². The number of pyridine rings is 1. The van der Waals surface area contributed by atoms with Crippen LogP contribution in [0, 0.1) is 25.2 Å². The average Bonchev–Trinajstić information content (AvgIpc) is 3.26. The molecule has 306 valence electrons. The molecule has 2 atom stereocenters. The lowest BCUT2D eigenvalue weighted by Gasteiger charge is -2.33. The molecule has 1 unspecified atom stereocenters. The summed E-state index contributed by atoms with van der Waals surface area (Å²) in [7, 11) is 0. The van der Waals surface area contributed by atoms with Crippen molar-refractivity contribution < 1.29 is 28.8 Å². The van der Waals surface area contributed by atoms with Crippen molar-refractivity contribution in [3.05, 3.63) is 141 Å². The van der Waals surface area contributed by atoms with Gasteiger partial charge >= 0.3 is 5.97 Å². The molecule has 11 heteroatoms. The number of morpholine rings is 1. The van der Waals surface area contributed by atoms with Crippen LogP contribution in [0.1, 0.15) is 70.7 Å². The molecule has 0 radical (unpaired) electrons. The Hall–Kier alpha value is -5.44. The van der Waals surface area contributed by atoms with Crippen LogP contribution in [0.5, 0.6) is 17.2 Å². The van der Waals surface area contributed by atoms with Crippen LogP contribution >= 0.6 is 11.6 Å². The highest BCUT2D eigenvalue weighted by molar-refractivity contribution is 6.32. The monoisotopic (exact) mass is 814 g/mol. The van der Waals surface area contributed by atoms with E-state index in [1.54, 1.807) is 18.3 Å². The van der Waals surface area contributed by atoms with E-state index in [1.807, 2.05) is 35.2 Å². The summed E-state index contributed by atoms with van der Waals surface area (Å²) in [6, 6.07) is 29.7. The first-order chi connectivity index (χ1) is 28.8. The van der Waals surface area contributed by atoms with Gasteiger partial charge in [0.2, 0.25) is 0 Å². The minimum atomic E-state index is -0.832. The maximum atomic E-state index is 12.1. The quantitative estimate of drug-likeness (QED) is 0.0967. The fourth-order valence-corrected chi connectivity index (χ4v) is 8.25. The van der Waals surface area contributed by atoms with Crippen molar-refractivity contribution in [1.82, 2.24) is 14.8 Å². The number of benzene rings is 4. The van der Waals surface area contributed by atoms with E-state index in [9.17, 15) is 15.2 Å². The largest absolute Gasteiger partial charge is 0.493 e. The summed E-state index contributed by atoms with van der Waals surface area (Å²) in [4.78, 5) is 20.7. The summed E-state index contributed by atoms with van der Waals surface area (Å²) in [6.45, 7) is 9.76. The van der Waals surface area contributed by atoms with Crippen LogP contribution in [0.2, 0.25) is 5.02 Å². The lowest BCUT2D eigenvalue weighted by molar-refractivity contribution is -0.144. The van der Waals surface area contributed by atoms with E-state index in [2.05, 4.69) is 72.3 Å². The number of carbonyl (C=O) groups is 1. The predicted octanol–water partition coefficient (Wildman–Crippen LogP) is 9.33. The van der Waals surface area contributed by atoms with Crippen LogP contribution in [-0.2, 0) is 29.3 Å². The number of ether oxygens (including phenoxy) is 4. The summed E-state index contributed by atoms with van der Waals surface area (Å²) in [5, 5.41) is 19.7. The number of aromatic nitrogens is 1. The summed E-state index contributed by atoms with van der Waals surface area (Å²) < 4.78 is 25.2. The molecule has 2 fully saturated rings. The highest BCUT2D eigenvalue weighted by Crippen LogP contribution is 2.37. The highest BCUT2D eigenvalue weighted by atomic mass is 35.5. The number of rotatable bonds is 16. The topological polar surface area (TPSA) is 117 Å². The number of aliphatic carboxylic acids is 1. The van der Waals surface area contributed by atoms with Gasteiger partial charge in [0.25, 0.3) is 0 Å². The number of hydrogen-bond donors (Lipinski definition) is 1. The van der Waals surface area contributed by atoms with Crippen molar-refractivity contribution in [3.8, 4) is 34.4 Å². The molecule has 3 heterocycles. The molecular formula is C48H51ClN4O6. The maximum absolute atomic E-state index is 12.1. The Morgan fingerprint density at radius 2 is 1.68 bits per heavy atom. The van der Waals surface area contributed by atoms with Gasteiger partial charge in [0.1, 0.15) is 42.6 Å². The third-order valence-corrected chi connectivity index (χ3v) is 11.6. The van der Waals surface area contributed by atoms with Gasteiger partial charge in [-0.3, -0.25) is 19.6 Å². The van der Waals surface area contributed by atoms with Gasteiger partial charge in [-0.25, -0.2) is 0 Å². The summed E-state index contributed by atoms with van der Waals surface area (Å²) in [5.74, 6) is 1.02. The van der Waals surface area contributed by atoms with Crippen molar-refractivity contribution in [3.63, 3.8) is 0 Å². The van der Waals surface area contributed by atoms with Crippen molar-refractivity contribution >= 4 is 17.6 Å². The molecule has 0 aliphatic carbocycles. The Labute approximate surface area is 351 Å². The zero-order valence-electron chi connectivity index (χ0n) is 33.7. The van der Waals surface area contributed by atoms with Crippen molar-refractivity contribution in [1.29, 1.82) is 5.26 Å². The molecule has 7 rings (SSSR count). The molecule has 4 aromatic carbocycles. The lowest BCUT2D eigenvalue weighted by Crippen LogP contribution is -2.44. The molecule has 59 heavy (non-hydrogen) atoms. The molecule has 2 saturated heterocycles. The number of carboxylic acid groups (broad SMARTS) is 1. The third kappa shape index (κ3) is 10.6. The molecule has 0 amide bonds. The zero-order valence-corrected chi connectivity index (χ0v) is 34.5. The van der Waals surface area contributed by atoms with Gasteiger partial charge in [0, 0.05) is 55.8 Å². The molecule has 1 N–H and O–H groups in total. The smallest absolute Gasteiger partial charge is 0.320 e. The van der Waals surface area contributed by atoms with Gasteiger partial charge in [-0.05, 0) is 91.2 Å². The van der Waals surface area contributed by atoms with E-state index in [0.29, 0.717) is 48.2 Å². The molecule has 0 spiro atoms. The van der Waals surface area contributed by atoms with Crippen molar-refractivity contribution in [2.45, 2.75) is 71.4 Å². The van der Waals surface area contributed by atoms with Crippen LogP contribution < -0.4 is 14.2 Å². The van der Waals surface area contributed by atoms with Gasteiger partial charge in [-0.2, -0.15) is 5.26 Å². The van der Waals surface area contributed by atoms with Gasteiger partial charge in [-0.1, -0.05) is 78.7 Å². The van der Waals surface area contributed by atoms with E-state index >= 15 is 0 Å². The van der Waals surface area contributed by atoms with E-state index in [0.717, 1.165) is 90.2 Å². The molecule has 0 bridgehead atoms. The number of nitrogens with zero attached hydrogens (tertiary/aromatic N) is 4. The second-order valence-electron chi connectivity index (χ2n) is 15.3. The molecule has 5 aromatic rings. The van der Waals surface area contributed by atoms with E-state index in [-0.39, 0.29) is 19.3 Å². The SMILES string of the molecule is Cc1c(COc2cc(OCc3cncc(C#N)c3)c(CN3CCCC[C@H]3C(=O)O)cc2Cl)cccc1-c1cccc(OCCCN2CCOC(c3ccccc3)C2)c1C. The summed E-state index contributed by atoms with van der Waals surface area (Å²) >= 11 is 6.89. The first-order valence-corrected chi connectivity index (χ1v) is 20.7. The normalized spacial score (nSPS) is 17.3. The summed E-state index contributed by atoms with van der Waals surface area (Å²) in [6.07, 6.45) is 6.57. The number of piperidine rings is 1. The Kier molecular flexibility index (Phi) is 14.1. The lowest BCUT2D eigenvalue weighted by atomic mass is 9.93. The number of carboxylic acids is 1. The number of nitriles is 1. The standard InChI is InChI=1S/C48H51ClN4O6/c1-33-38(13-8-14-40(33)41-15-9-17-44(34(41)2)56-21-10-18-52-20-22-57-47(30-52)37-11-4-3-5-12-37)32-59-46-25-45(58-31-36-23-35(26-50)27-51-28-36)39(24-42(46)49)29-53-19-7-6-16-43(53)48(54)55/h3-5,8-9,11-15,17,23-25,27-28,43,47H,6-7,10,16,18-22,29-32H2,1-2H3,(H,54,55)/t43-,47?/m0/s1. The van der Waals surface area contributed by atoms with Crippen molar-refractivity contribution in [2.75, 3.05) is 39.4 Å². The van der Waals surface area contributed by atoms with Crippen LogP contribution in [-0.4, -0.2) is 71.3 Å². The van der Waals surface area contributed by atoms with Crippen molar-refractivity contribution in [2.24, 2.45) is 0 Å². The molecule has 10 nitrogen and oxygen atoms in total. The molecule has 2 aliphatic heterocycles. The first kappa shape index (κ1) is 41.7. The van der Waals surface area contributed by atoms with Gasteiger partial charge in [-0.15, -0.1) is 0 Å². The zero-order chi connectivity index (χ0) is 41.1. The first-order valence-electron chi connectivity index (χ1n) is 20.4.